The van der Waals surface area contributed by atoms with Crippen LogP contribution in [0.4, 0.5) is 4.79 Å². The molecule has 2 rings (SSSR count). The zero-order valence-corrected chi connectivity index (χ0v) is 14.2. The van der Waals surface area contributed by atoms with Crippen LogP contribution in [0.3, 0.4) is 0 Å². The van der Waals surface area contributed by atoms with Gasteiger partial charge in [-0.15, -0.1) is 0 Å². The Morgan fingerprint density at radius 1 is 1.30 bits per heavy atom. The van der Waals surface area contributed by atoms with Crippen molar-refractivity contribution in [3.05, 3.63) is 29.3 Å². The van der Waals surface area contributed by atoms with E-state index in [1.165, 1.54) is 4.90 Å². The van der Waals surface area contributed by atoms with Gasteiger partial charge in [-0.05, 0) is 51.0 Å². The van der Waals surface area contributed by atoms with E-state index < -0.39 is 23.1 Å². The Hall–Kier alpha value is -2.24. The summed E-state index contributed by atoms with van der Waals surface area (Å²) in [5.74, 6) is 0.188. The van der Waals surface area contributed by atoms with Crippen LogP contribution in [0.15, 0.2) is 18.2 Å². The highest BCUT2D eigenvalue weighted by molar-refractivity contribution is 5.85. The fourth-order valence-corrected chi connectivity index (χ4v) is 2.76. The normalized spacial score (nSPS) is 20.7. The lowest BCUT2D eigenvalue weighted by molar-refractivity contribution is -0.162. The number of carbonyl (C=O) groups is 2. The second-order valence-corrected chi connectivity index (χ2v) is 7.00. The van der Waals surface area contributed by atoms with E-state index in [2.05, 4.69) is 0 Å². The maximum absolute atomic E-state index is 12.8. The van der Waals surface area contributed by atoms with Gasteiger partial charge in [0.05, 0.1) is 7.11 Å². The third-order valence-electron chi connectivity index (χ3n) is 3.90. The summed E-state index contributed by atoms with van der Waals surface area (Å²) in [4.78, 5) is 25.5. The summed E-state index contributed by atoms with van der Waals surface area (Å²) >= 11 is 0. The number of hydrogen-bond donors (Lipinski definition) is 1. The van der Waals surface area contributed by atoms with Crippen molar-refractivity contribution in [3.63, 3.8) is 0 Å². The van der Waals surface area contributed by atoms with Gasteiger partial charge in [-0.1, -0.05) is 6.07 Å². The lowest BCUT2D eigenvalue weighted by Crippen LogP contribution is -2.52. The zero-order valence-electron chi connectivity index (χ0n) is 14.2. The van der Waals surface area contributed by atoms with Crippen LogP contribution in [-0.4, -0.2) is 41.3 Å². The fourth-order valence-electron chi connectivity index (χ4n) is 2.76. The number of carboxylic acid groups (broad SMARTS) is 1. The van der Waals surface area contributed by atoms with E-state index in [1.807, 2.05) is 0 Å². The summed E-state index contributed by atoms with van der Waals surface area (Å²) in [5, 5.41) is 9.36. The van der Waals surface area contributed by atoms with E-state index in [0.717, 1.165) is 11.1 Å². The quantitative estimate of drug-likeness (QED) is 0.848. The molecule has 0 bridgehead atoms. The van der Waals surface area contributed by atoms with Crippen LogP contribution >= 0.6 is 0 Å². The second-order valence-electron chi connectivity index (χ2n) is 7.00. The Morgan fingerprint density at radius 2 is 1.96 bits per heavy atom. The second kappa shape index (κ2) is 5.76. The number of benzene rings is 1. The lowest BCUT2D eigenvalue weighted by Gasteiger charge is -2.40. The molecule has 1 aliphatic rings. The highest BCUT2D eigenvalue weighted by Crippen LogP contribution is 2.37. The molecule has 1 atom stereocenters. The zero-order chi connectivity index (χ0) is 17.4. The van der Waals surface area contributed by atoms with Crippen LogP contribution in [0.5, 0.6) is 5.75 Å². The lowest BCUT2D eigenvalue weighted by atomic mass is 9.76. The Balaban J connectivity index is 2.52. The summed E-state index contributed by atoms with van der Waals surface area (Å²) in [7, 11) is 1.55. The highest BCUT2D eigenvalue weighted by Gasteiger charge is 2.46. The maximum Gasteiger partial charge on any atom is 0.407 e. The average Bonchev–Trinajstić information content (AvgIpc) is 2.44. The molecule has 6 heteroatoms. The number of methoxy groups -OCH3 is 1. The van der Waals surface area contributed by atoms with Gasteiger partial charge in [-0.2, -0.15) is 0 Å². The molecule has 1 aliphatic heterocycles. The van der Waals surface area contributed by atoms with Crippen molar-refractivity contribution in [3.8, 4) is 5.75 Å². The standard InChI is InChI=1S/C17H23NO5/c1-16(2,3)23-14(19)17(4)10-18(15(20)21)9-11-6-7-12(22-5)8-13(11)17/h6-8H,9-10H2,1-5H3,(H,20,21). The number of amides is 1. The van der Waals surface area contributed by atoms with Crippen LogP contribution < -0.4 is 4.74 Å². The van der Waals surface area contributed by atoms with Gasteiger partial charge in [0.2, 0.25) is 0 Å². The first-order valence-corrected chi connectivity index (χ1v) is 7.45. The number of rotatable bonds is 2. The van der Waals surface area contributed by atoms with Crippen molar-refractivity contribution < 1.29 is 24.2 Å². The van der Waals surface area contributed by atoms with Crippen LogP contribution in [-0.2, 0) is 21.5 Å². The molecule has 1 aromatic rings. The predicted molar refractivity (Wildman–Crippen MR) is 84.6 cm³/mol. The number of esters is 1. The molecule has 0 aromatic heterocycles. The average molecular weight is 321 g/mol. The molecule has 6 nitrogen and oxygen atoms in total. The number of carbonyl (C=O) groups excluding carboxylic acids is 1. The smallest absolute Gasteiger partial charge is 0.407 e. The van der Waals surface area contributed by atoms with E-state index >= 15 is 0 Å². The van der Waals surface area contributed by atoms with E-state index in [1.54, 1.807) is 53.0 Å². The Bertz CT molecular complexity index is 634. The van der Waals surface area contributed by atoms with Crippen LogP contribution in [0.2, 0.25) is 0 Å². The number of hydrogen-bond acceptors (Lipinski definition) is 4. The SMILES string of the molecule is COc1ccc2c(c1)C(C)(C(=O)OC(C)(C)C)CN(C(=O)O)C2. The molecule has 0 saturated heterocycles. The van der Waals surface area contributed by atoms with Gasteiger partial charge in [0.1, 0.15) is 16.8 Å². The van der Waals surface area contributed by atoms with Crippen LogP contribution in [0.1, 0.15) is 38.8 Å². The molecule has 1 unspecified atom stereocenters. The van der Waals surface area contributed by atoms with E-state index in [4.69, 9.17) is 9.47 Å². The van der Waals surface area contributed by atoms with Gasteiger partial charge in [0, 0.05) is 13.1 Å². The van der Waals surface area contributed by atoms with Gasteiger partial charge in [-0.3, -0.25) is 4.79 Å². The Morgan fingerprint density at radius 3 is 2.48 bits per heavy atom. The van der Waals surface area contributed by atoms with E-state index in [0.29, 0.717) is 5.75 Å². The van der Waals surface area contributed by atoms with E-state index in [-0.39, 0.29) is 13.1 Å². The molecule has 1 aromatic carbocycles. The molecule has 1 heterocycles. The molecule has 126 valence electrons. The first-order valence-electron chi connectivity index (χ1n) is 7.45. The first kappa shape index (κ1) is 17.1. The molecule has 23 heavy (non-hydrogen) atoms. The van der Waals surface area contributed by atoms with Crippen molar-refractivity contribution in [2.75, 3.05) is 13.7 Å². The molecule has 1 N–H and O–H groups in total. The minimum atomic E-state index is -1.08. The molecule has 1 amide bonds. The van der Waals surface area contributed by atoms with Gasteiger partial charge < -0.3 is 19.5 Å². The first-order chi connectivity index (χ1) is 10.6. The Labute approximate surface area is 136 Å². The topological polar surface area (TPSA) is 76.1 Å². The van der Waals surface area contributed by atoms with Crippen molar-refractivity contribution in [2.24, 2.45) is 0 Å². The van der Waals surface area contributed by atoms with Crippen LogP contribution in [0.25, 0.3) is 0 Å². The predicted octanol–water partition coefficient (Wildman–Crippen LogP) is 2.79. The molecule has 0 fully saturated rings. The summed E-state index contributed by atoms with van der Waals surface area (Å²) in [5.41, 5.74) is -0.185. The summed E-state index contributed by atoms with van der Waals surface area (Å²) in [6.45, 7) is 7.38. The van der Waals surface area contributed by atoms with Gasteiger partial charge in [-0.25, -0.2) is 4.79 Å². The number of nitrogens with zero attached hydrogens (tertiary/aromatic N) is 1. The highest BCUT2D eigenvalue weighted by atomic mass is 16.6. The van der Waals surface area contributed by atoms with Gasteiger partial charge in [0.25, 0.3) is 0 Å². The monoisotopic (exact) mass is 321 g/mol. The van der Waals surface area contributed by atoms with E-state index in [9.17, 15) is 14.7 Å². The Kier molecular flexibility index (Phi) is 4.28. The number of ether oxygens (including phenoxy) is 2. The third-order valence-corrected chi connectivity index (χ3v) is 3.90. The van der Waals surface area contributed by atoms with Crippen LogP contribution in [0, 0.1) is 0 Å². The largest absolute Gasteiger partial charge is 0.497 e. The van der Waals surface area contributed by atoms with Crippen molar-refractivity contribution >= 4 is 12.1 Å². The van der Waals surface area contributed by atoms with Crippen molar-refractivity contribution in [1.82, 2.24) is 4.90 Å². The fraction of sp³-hybridized carbons (Fsp3) is 0.529. The van der Waals surface area contributed by atoms with Gasteiger partial charge in [0.15, 0.2) is 0 Å². The summed E-state index contributed by atoms with van der Waals surface area (Å²) in [6, 6.07) is 5.35. The minimum absolute atomic E-state index is 0.0530. The molecule has 0 saturated carbocycles. The summed E-state index contributed by atoms with van der Waals surface area (Å²) < 4.78 is 10.8. The molecular formula is C17H23NO5. The summed E-state index contributed by atoms with van der Waals surface area (Å²) in [6.07, 6.45) is -1.05. The van der Waals surface area contributed by atoms with Gasteiger partial charge >= 0.3 is 12.1 Å². The van der Waals surface area contributed by atoms with Crippen molar-refractivity contribution in [1.29, 1.82) is 0 Å². The molecule has 0 aliphatic carbocycles. The van der Waals surface area contributed by atoms with Crippen molar-refractivity contribution in [2.45, 2.75) is 45.3 Å². The maximum atomic E-state index is 12.8. The third kappa shape index (κ3) is 3.41. The molecular weight excluding hydrogens is 298 g/mol. The molecule has 0 spiro atoms. The number of fused-ring (bicyclic) bond motifs is 1. The minimum Gasteiger partial charge on any atom is -0.497 e. The molecule has 0 radical (unpaired) electrons.